The predicted molar refractivity (Wildman–Crippen MR) is 72.2 cm³/mol. The Labute approximate surface area is 112 Å². The van der Waals surface area contributed by atoms with Crippen LogP contribution in [0.3, 0.4) is 0 Å². The fourth-order valence-electron chi connectivity index (χ4n) is 1.75. The Balaban J connectivity index is 2.30. The number of hydrogen-bond donors (Lipinski definition) is 1. The van der Waals surface area contributed by atoms with Gasteiger partial charge in [0, 0.05) is 35.0 Å². The third kappa shape index (κ3) is 2.77. The predicted octanol–water partition coefficient (Wildman–Crippen LogP) is 2.67. The molecule has 2 rings (SSSR count). The molecule has 0 saturated carbocycles. The van der Waals surface area contributed by atoms with Gasteiger partial charge in [-0.2, -0.15) is 0 Å². The molecule has 2 N–H and O–H groups in total. The van der Waals surface area contributed by atoms with Gasteiger partial charge in [-0.05, 0) is 23.8 Å². The van der Waals surface area contributed by atoms with E-state index in [4.69, 9.17) is 5.73 Å². The molecule has 0 amide bonds. The number of benzene rings is 1. The summed E-state index contributed by atoms with van der Waals surface area (Å²) in [5.41, 5.74) is 7.32. The lowest BCUT2D eigenvalue weighted by atomic mass is 10.2. The Morgan fingerprint density at radius 1 is 1.39 bits per heavy atom. The molecule has 0 aliphatic rings. The van der Waals surface area contributed by atoms with Crippen molar-refractivity contribution in [3.8, 4) is 0 Å². The van der Waals surface area contributed by atoms with E-state index in [1.165, 1.54) is 6.07 Å². The summed E-state index contributed by atoms with van der Waals surface area (Å²) in [5, 5.41) is 11.0. The minimum absolute atomic E-state index is 0.118. The molecule has 1 aromatic heterocycles. The lowest BCUT2D eigenvalue weighted by Crippen LogP contribution is -2.01. The maximum Gasteiger partial charge on any atom is 0.275 e. The lowest BCUT2D eigenvalue weighted by molar-refractivity contribution is -0.385. The molecule has 0 spiro atoms. The molecule has 0 saturated heterocycles. The van der Waals surface area contributed by atoms with E-state index in [0.717, 1.165) is 5.56 Å². The van der Waals surface area contributed by atoms with Crippen molar-refractivity contribution in [3.05, 3.63) is 62.4 Å². The number of nitro groups is 1. The van der Waals surface area contributed by atoms with Gasteiger partial charge in [0.2, 0.25) is 0 Å². The second kappa shape index (κ2) is 5.32. The summed E-state index contributed by atoms with van der Waals surface area (Å²) < 4.78 is 2.59. The van der Waals surface area contributed by atoms with Crippen molar-refractivity contribution in [2.75, 3.05) is 0 Å². The van der Waals surface area contributed by atoms with Crippen LogP contribution in [0.25, 0.3) is 0 Å². The first-order valence-electron chi connectivity index (χ1n) is 5.37. The van der Waals surface area contributed by atoms with Crippen LogP contribution in [0.15, 0.2) is 41.1 Å². The summed E-state index contributed by atoms with van der Waals surface area (Å²) in [6.45, 7) is 0.930. The molecule has 0 aliphatic carbocycles. The zero-order valence-corrected chi connectivity index (χ0v) is 11.1. The van der Waals surface area contributed by atoms with Crippen molar-refractivity contribution in [3.63, 3.8) is 0 Å². The first kappa shape index (κ1) is 12.8. The highest BCUT2D eigenvalue weighted by molar-refractivity contribution is 9.10. The molecule has 0 radical (unpaired) electrons. The molecular weight excluding hydrogens is 298 g/mol. The maximum atomic E-state index is 11.0. The van der Waals surface area contributed by atoms with Gasteiger partial charge in [0.15, 0.2) is 0 Å². The van der Waals surface area contributed by atoms with Crippen LogP contribution in [-0.2, 0) is 13.1 Å². The van der Waals surface area contributed by atoms with Crippen LogP contribution >= 0.6 is 15.9 Å². The highest BCUT2D eigenvalue weighted by Gasteiger charge is 2.14. The third-order valence-electron chi connectivity index (χ3n) is 2.64. The summed E-state index contributed by atoms with van der Waals surface area (Å²) in [6.07, 6.45) is 3.76. The Morgan fingerprint density at radius 3 is 2.78 bits per heavy atom. The van der Waals surface area contributed by atoms with Crippen molar-refractivity contribution >= 4 is 21.6 Å². The van der Waals surface area contributed by atoms with Crippen LogP contribution < -0.4 is 5.73 Å². The monoisotopic (exact) mass is 309 g/mol. The minimum Gasteiger partial charge on any atom is -0.349 e. The highest BCUT2D eigenvalue weighted by atomic mass is 79.9. The van der Waals surface area contributed by atoms with E-state index in [0.29, 0.717) is 23.1 Å². The van der Waals surface area contributed by atoms with Crippen molar-refractivity contribution < 1.29 is 4.92 Å². The summed E-state index contributed by atoms with van der Waals surface area (Å²) >= 11 is 3.24. The highest BCUT2D eigenvalue weighted by Crippen LogP contribution is 2.24. The van der Waals surface area contributed by atoms with Gasteiger partial charge in [0.1, 0.15) is 0 Å². The van der Waals surface area contributed by atoms with Crippen LogP contribution in [0.5, 0.6) is 0 Å². The van der Waals surface area contributed by atoms with Crippen molar-refractivity contribution in [1.29, 1.82) is 0 Å². The lowest BCUT2D eigenvalue weighted by Gasteiger charge is -2.05. The molecule has 6 heteroatoms. The third-order valence-corrected chi connectivity index (χ3v) is 3.14. The number of aromatic nitrogens is 1. The molecule has 2 aromatic rings. The zero-order chi connectivity index (χ0) is 13.1. The van der Waals surface area contributed by atoms with Gasteiger partial charge in [-0.1, -0.05) is 15.9 Å². The molecule has 0 unspecified atom stereocenters. The molecule has 1 aromatic carbocycles. The number of hydrogen-bond acceptors (Lipinski definition) is 3. The number of nitro benzene ring substituents is 1. The molecule has 18 heavy (non-hydrogen) atoms. The molecule has 0 bridgehead atoms. The van der Waals surface area contributed by atoms with E-state index >= 15 is 0 Å². The van der Waals surface area contributed by atoms with E-state index in [2.05, 4.69) is 15.9 Å². The summed E-state index contributed by atoms with van der Waals surface area (Å²) in [6, 6.07) is 6.98. The Bertz CT molecular complexity index is 580. The van der Waals surface area contributed by atoms with Gasteiger partial charge in [-0.15, -0.1) is 0 Å². The second-order valence-corrected chi connectivity index (χ2v) is 4.84. The first-order valence-corrected chi connectivity index (χ1v) is 6.17. The summed E-state index contributed by atoms with van der Waals surface area (Å²) in [4.78, 5) is 10.6. The normalized spacial score (nSPS) is 10.6. The van der Waals surface area contributed by atoms with E-state index in [1.807, 2.05) is 23.0 Å². The van der Waals surface area contributed by atoms with E-state index < -0.39 is 0 Å². The first-order chi connectivity index (χ1) is 8.60. The van der Waals surface area contributed by atoms with Crippen LogP contribution in [0, 0.1) is 10.1 Å². The Hall–Kier alpha value is -1.66. The molecule has 0 aliphatic heterocycles. The van der Waals surface area contributed by atoms with Gasteiger partial charge < -0.3 is 10.3 Å². The average Bonchev–Trinajstić information content (AvgIpc) is 2.79. The largest absolute Gasteiger partial charge is 0.349 e. The van der Waals surface area contributed by atoms with Crippen molar-refractivity contribution in [2.24, 2.45) is 5.73 Å². The van der Waals surface area contributed by atoms with E-state index in [9.17, 15) is 10.1 Å². The summed E-state index contributed by atoms with van der Waals surface area (Å²) in [5.74, 6) is 0. The van der Waals surface area contributed by atoms with Crippen LogP contribution in [0.2, 0.25) is 0 Å². The SMILES string of the molecule is NCc1ccn(Cc2ccc(Br)cc2[N+](=O)[O-])c1. The van der Waals surface area contributed by atoms with Crippen molar-refractivity contribution in [2.45, 2.75) is 13.1 Å². The molecule has 0 fully saturated rings. The Morgan fingerprint density at radius 2 is 2.17 bits per heavy atom. The molecule has 1 heterocycles. The van der Waals surface area contributed by atoms with Crippen LogP contribution in [0.4, 0.5) is 5.69 Å². The number of nitrogens with two attached hydrogens (primary N) is 1. The number of halogens is 1. The van der Waals surface area contributed by atoms with Crippen LogP contribution in [0.1, 0.15) is 11.1 Å². The molecular formula is C12H12BrN3O2. The number of nitrogens with zero attached hydrogens (tertiary/aromatic N) is 2. The average molecular weight is 310 g/mol. The summed E-state index contributed by atoms with van der Waals surface area (Å²) in [7, 11) is 0. The second-order valence-electron chi connectivity index (χ2n) is 3.93. The number of rotatable bonds is 4. The smallest absolute Gasteiger partial charge is 0.275 e. The van der Waals surface area contributed by atoms with Crippen molar-refractivity contribution in [1.82, 2.24) is 4.57 Å². The zero-order valence-electron chi connectivity index (χ0n) is 9.54. The van der Waals surface area contributed by atoms with Gasteiger partial charge in [-0.3, -0.25) is 10.1 Å². The van der Waals surface area contributed by atoms with Gasteiger partial charge in [-0.25, -0.2) is 0 Å². The van der Waals surface area contributed by atoms with Crippen LogP contribution in [-0.4, -0.2) is 9.49 Å². The topological polar surface area (TPSA) is 74.1 Å². The molecule has 0 atom stereocenters. The fraction of sp³-hybridized carbons (Fsp3) is 0.167. The fourth-order valence-corrected chi connectivity index (χ4v) is 2.10. The van der Waals surface area contributed by atoms with E-state index in [1.54, 1.807) is 12.1 Å². The molecule has 94 valence electrons. The Kier molecular flexibility index (Phi) is 3.78. The van der Waals surface area contributed by atoms with Gasteiger partial charge >= 0.3 is 0 Å². The maximum absolute atomic E-state index is 11.0. The van der Waals surface area contributed by atoms with Gasteiger partial charge in [0.25, 0.3) is 5.69 Å². The van der Waals surface area contributed by atoms with E-state index in [-0.39, 0.29) is 10.6 Å². The van der Waals surface area contributed by atoms with Gasteiger partial charge in [0.05, 0.1) is 11.5 Å². The standard InChI is InChI=1S/C12H12BrN3O2/c13-11-2-1-10(12(5-11)16(17)18)8-15-4-3-9(6-14)7-15/h1-5,7H,6,8,14H2. The molecule has 5 nitrogen and oxygen atoms in total. The minimum atomic E-state index is -0.368. The quantitative estimate of drug-likeness (QED) is 0.697.